The lowest BCUT2D eigenvalue weighted by molar-refractivity contribution is 0.0125. The summed E-state index contributed by atoms with van der Waals surface area (Å²) in [7, 11) is -1.99. The van der Waals surface area contributed by atoms with E-state index in [1.807, 2.05) is 13.8 Å². The fourth-order valence-electron chi connectivity index (χ4n) is 4.05. The number of rotatable bonds is 7. The lowest BCUT2D eigenvalue weighted by Crippen LogP contribution is -2.51. The molecule has 2 N–H and O–H groups in total. The maximum atomic E-state index is 13.5. The van der Waals surface area contributed by atoms with Gasteiger partial charge in [-0.2, -0.15) is 0 Å². The van der Waals surface area contributed by atoms with Crippen LogP contribution in [0.25, 0.3) is 0 Å². The van der Waals surface area contributed by atoms with Crippen LogP contribution in [-0.2, 0) is 4.43 Å². The molecule has 1 aliphatic rings. The lowest BCUT2D eigenvalue weighted by Gasteiger charge is -2.43. The van der Waals surface area contributed by atoms with Crippen LogP contribution in [0, 0.1) is 12.8 Å². The zero-order valence-corrected chi connectivity index (χ0v) is 19.1. The van der Waals surface area contributed by atoms with Crippen molar-refractivity contribution < 1.29 is 19.1 Å². The third-order valence-corrected chi connectivity index (χ3v) is 6.44. The number of ketones is 1. The van der Waals surface area contributed by atoms with Gasteiger partial charge in [-0.05, 0) is 77.6 Å². The van der Waals surface area contributed by atoms with Crippen LogP contribution in [0.3, 0.4) is 0 Å². The molecule has 156 valence electrons. The normalized spacial score (nSPS) is 23.9. The number of hydrogen-bond acceptors (Lipinski definition) is 4. The van der Waals surface area contributed by atoms with Gasteiger partial charge in [0.2, 0.25) is 0 Å². The monoisotopic (exact) mass is 426 g/mol. The Morgan fingerprint density at radius 2 is 2.00 bits per heavy atom. The molecule has 1 fully saturated rings. The van der Waals surface area contributed by atoms with Crippen LogP contribution in [0.2, 0.25) is 24.7 Å². The van der Waals surface area contributed by atoms with E-state index in [1.165, 1.54) is 0 Å². The molecule has 6 nitrogen and oxygen atoms in total. The van der Waals surface area contributed by atoms with E-state index in [4.69, 9.17) is 21.1 Å². The van der Waals surface area contributed by atoms with Gasteiger partial charge < -0.3 is 14.8 Å². The Kier molecular flexibility index (Phi) is 7.28. The first-order chi connectivity index (χ1) is 12.9. The van der Waals surface area contributed by atoms with Crippen molar-refractivity contribution in [2.45, 2.75) is 77.2 Å². The largest absolute Gasteiger partial charge is 0.465 e. The van der Waals surface area contributed by atoms with Gasteiger partial charge in [-0.1, -0.05) is 11.6 Å². The number of carboxylic acid groups (broad SMARTS) is 1. The van der Waals surface area contributed by atoms with E-state index in [2.05, 4.69) is 29.9 Å². The molecule has 1 amide bonds. The maximum absolute atomic E-state index is 13.5. The molecular weight excluding hydrogens is 396 g/mol. The Balaban J connectivity index is 2.19. The Morgan fingerprint density at radius 1 is 1.39 bits per heavy atom. The summed E-state index contributed by atoms with van der Waals surface area (Å²) in [5, 5.41) is 11.8. The highest BCUT2D eigenvalue weighted by atomic mass is 35.5. The van der Waals surface area contributed by atoms with Crippen LogP contribution in [0.15, 0.2) is 12.3 Å². The van der Waals surface area contributed by atoms with Gasteiger partial charge in [0.25, 0.3) is 0 Å². The van der Waals surface area contributed by atoms with Crippen molar-refractivity contribution >= 4 is 31.8 Å². The highest BCUT2D eigenvalue weighted by molar-refractivity contribution is 6.70. The fraction of sp³-hybridized carbons (Fsp3) is 0.650. The Morgan fingerprint density at radius 3 is 2.50 bits per heavy atom. The van der Waals surface area contributed by atoms with Crippen molar-refractivity contribution in [2.24, 2.45) is 5.92 Å². The fourth-order valence-corrected chi connectivity index (χ4v) is 5.81. The van der Waals surface area contributed by atoms with Gasteiger partial charge in [-0.25, -0.2) is 4.79 Å². The van der Waals surface area contributed by atoms with Gasteiger partial charge in [-0.15, -0.1) is 0 Å². The summed E-state index contributed by atoms with van der Waals surface area (Å²) < 4.78 is 6.48. The molecule has 0 aromatic carbocycles. The van der Waals surface area contributed by atoms with Crippen LogP contribution >= 0.6 is 11.6 Å². The molecule has 0 saturated heterocycles. The SMILES string of the molecule is Cc1cc(Cl)c(C(=O)C2(O[Si](C)(C)C)CCC(C[C@H](C)NC(=O)O)CC2)cn1. The van der Waals surface area contributed by atoms with Crippen molar-refractivity contribution in [3.8, 4) is 0 Å². The quantitative estimate of drug-likeness (QED) is 0.470. The number of nitrogens with zero attached hydrogens (tertiary/aromatic N) is 1. The average Bonchev–Trinajstić information content (AvgIpc) is 2.54. The minimum Gasteiger partial charge on any atom is -0.465 e. The number of hydrogen-bond donors (Lipinski definition) is 2. The first-order valence-corrected chi connectivity index (χ1v) is 13.6. The molecule has 1 aliphatic carbocycles. The molecule has 1 aromatic heterocycles. The van der Waals surface area contributed by atoms with E-state index in [0.717, 1.165) is 25.0 Å². The molecule has 0 aliphatic heterocycles. The first kappa shape index (κ1) is 22.8. The lowest BCUT2D eigenvalue weighted by atomic mass is 9.73. The number of carbonyl (C=O) groups is 2. The van der Waals surface area contributed by atoms with Crippen molar-refractivity contribution in [1.29, 1.82) is 0 Å². The molecular formula is C20H31ClN2O4Si. The van der Waals surface area contributed by atoms with Crippen LogP contribution in [0.1, 0.15) is 55.1 Å². The smallest absolute Gasteiger partial charge is 0.404 e. The summed E-state index contributed by atoms with van der Waals surface area (Å²) in [5.41, 5.74) is 0.320. The summed E-state index contributed by atoms with van der Waals surface area (Å²) in [6, 6.07) is 1.60. The van der Waals surface area contributed by atoms with Gasteiger partial charge in [0.1, 0.15) is 5.60 Å². The number of Topliss-reactive ketones (excluding diaryl/α,β-unsaturated/α-hetero) is 1. The Bertz CT molecular complexity index is 727. The summed E-state index contributed by atoms with van der Waals surface area (Å²) >= 11 is 6.35. The third kappa shape index (κ3) is 6.03. The van der Waals surface area contributed by atoms with Crippen molar-refractivity contribution in [1.82, 2.24) is 10.3 Å². The standard InChI is InChI=1S/C20H31ClN2O4Si/c1-13-11-17(21)16(12-22-13)18(24)20(27-28(3,4)5)8-6-15(7-9-20)10-14(2)23-19(25)26/h11-12,14-15,23H,6-10H2,1-5H3,(H,25,26)/t14-,15?,20?/m0/s1. The van der Waals surface area contributed by atoms with Crippen molar-refractivity contribution in [2.75, 3.05) is 0 Å². The molecule has 1 heterocycles. The summed E-state index contributed by atoms with van der Waals surface area (Å²) in [6.45, 7) is 9.97. The third-order valence-electron chi connectivity index (χ3n) is 5.12. The van der Waals surface area contributed by atoms with Gasteiger partial charge in [0.15, 0.2) is 14.1 Å². The predicted octanol–water partition coefficient (Wildman–Crippen LogP) is 5.05. The van der Waals surface area contributed by atoms with E-state index in [-0.39, 0.29) is 11.8 Å². The molecule has 0 radical (unpaired) electrons. The molecule has 0 unspecified atom stereocenters. The Hall–Kier alpha value is -1.44. The van der Waals surface area contributed by atoms with Crippen molar-refractivity contribution in [3.05, 3.63) is 28.5 Å². The first-order valence-electron chi connectivity index (χ1n) is 9.78. The predicted molar refractivity (Wildman–Crippen MR) is 113 cm³/mol. The highest BCUT2D eigenvalue weighted by Crippen LogP contribution is 2.41. The minimum atomic E-state index is -1.99. The highest BCUT2D eigenvalue weighted by Gasteiger charge is 2.46. The summed E-state index contributed by atoms with van der Waals surface area (Å²) in [4.78, 5) is 28.6. The number of halogens is 1. The molecule has 0 bridgehead atoms. The number of pyridine rings is 1. The van der Waals surface area contributed by atoms with E-state index in [1.54, 1.807) is 12.3 Å². The molecule has 2 rings (SSSR count). The average molecular weight is 427 g/mol. The number of carbonyl (C=O) groups excluding carboxylic acids is 1. The molecule has 8 heteroatoms. The van der Waals surface area contributed by atoms with Gasteiger partial charge in [0.05, 0.1) is 10.6 Å². The van der Waals surface area contributed by atoms with Crippen LogP contribution in [-0.4, -0.2) is 41.9 Å². The number of aryl methyl sites for hydroxylation is 1. The maximum Gasteiger partial charge on any atom is 0.404 e. The second-order valence-electron chi connectivity index (χ2n) is 8.87. The second-order valence-corrected chi connectivity index (χ2v) is 13.7. The molecule has 28 heavy (non-hydrogen) atoms. The zero-order valence-electron chi connectivity index (χ0n) is 17.3. The van der Waals surface area contributed by atoms with Crippen molar-refractivity contribution in [3.63, 3.8) is 0 Å². The van der Waals surface area contributed by atoms with Gasteiger partial charge in [-0.3, -0.25) is 9.78 Å². The van der Waals surface area contributed by atoms with Gasteiger partial charge in [0, 0.05) is 17.9 Å². The number of amides is 1. The van der Waals surface area contributed by atoms with Gasteiger partial charge >= 0.3 is 6.09 Å². The van der Waals surface area contributed by atoms with E-state index in [9.17, 15) is 9.59 Å². The summed E-state index contributed by atoms with van der Waals surface area (Å²) in [6.07, 6.45) is 4.18. The van der Waals surface area contributed by atoms with E-state index in [0.29, 0.717) is 29.3 Å². The zero-order chi connectivity index (χ0) is 21.1. The Labute approximate surface area is 173 Å². The number of aromatic nitrogens is 1. The summed E-state index contributed by atoms with van der Waals surface area (Å²) in [5.74, 6) is 0.280. The molecule has 1 atom stereocenters. The molecule has 1 saturated carbocycles. The minimum absolute atomic E-state index is 0.0809. The number of nitrogens with one attached hydrogen (secondary N) is 1. The van der Waals surface area contributed by atoms with Crippen LogP contribution in [0.5, 0.6) is 0 Å². The molecule has 0 spiro atoms. The van der Waals surface area contributed by atoms with E-state index >= 15 is 0 Å². The molecule has 1 aromatic rings. The second kappa shape index (κ2) is 8.92. The van der Waals surface area contributed by atoms with Crippen LogP contribution in [0.4, 0.5) is 4.79 Å². The van der Waals surface area contributed by atoms with Crippen LogP contribution < -0.4 is 5.32 Å². The van der Waals surface area contributed by atoms with E-state index < -0.39 is 20.0 Å². The topological polar surface area (TPSA) is 88.5 Å².